The third-order valence-electron chi connectivity index (χ3n) is 5.74. The van der Waals surface area contributed by atoms with E-state index in [0.717, 1.165) is 29.7 Å². The molecule has 2 amide bonds. The Hall–Kier alpha value is -3.66. The molecule has 0 saturated carbocycles. The summed E-state index contributed by atoms with van der Waals surface area (Å²) in [4.78, 5) is 37.8. The number of carbonyl (C=O) groups excluding carboxylic acids is 2. The normalized spacial score (nSPS) is 11.2. The average Bonchev–Trinajstić information content (AvgIpc) is 3.28. The minimum atomic E-state index is -0.299. The van der Waals surface area contributed by atoms with Gasteiger partial charge < -0.3 is 10.6 Å². The summed E-state index contributed by atoms with van der Waals surface area (Å²) in [5, 5.41) is 15.1. The number of nitrogens with one attached hydrogen (secondary N) is 2. The van der Waals surface area contributed by atoms with Crippen molar-refractivity contribution >= 4 is 45.9 Å². The molecule has 4 rings (SSSR count). The first-order valence-corrected chi connectivity index (χ1v) is 12.5. The van der Waals surface area contributed by atoms with E-state index in [9.17, 15) is 14.4 Å². The van der Waals surface area contributed by atoms with Gasteiger partial charge in [0.05, 0.1) is 23.2 Å². The van der Waals surface area contributed by atoms with Gasteiger partial charge >= 0.3 is 0 Å². The summed E-state index contributed by atoms with van der Waals surface area (Å²) in [6.07, 6.45) is 1.79. The Bertz CT molecular complexity index is 1440. The molecule has 9 nitrogen and oxygen atoms in total. The maximum atomic E-state index is 13.0. The molecule has 2 aromatic heterocycles. The zero-order chi connectivity index (χ0) is 24.9. The van der Waals surface area contributed by atoms with Crippen molar-refractivity contribution in [1.29, 1.82) is 0 Å². The molecule has 0 radical (unpaired) electrons. The zero-order valence-corrected chi connectivity index (χ0v) is 20.8. The van der Waals surface area contributed by atoms with Crippen LogP contribution < -0.4 is 16.2 Å². The van der Waals surface area contributed by atoms with Crippen LogP contribution in [0.1, 0.15) is 30.9 Å². The molecule has 2 aromatic carbocycles. The van der Waals surface area contributed by atoms with Gasteiger partial charge in [-0.1, -0.05) is 55.4 Å². The highest BCUT2D eigenvalue weighted by molar-refractivity contribution is 7.99. The smallest absolute Gasteiger partial charge is 0.262 e. The van der Waals surface area contributed by atoms with Crippen molar-refractivity contribution in [2.24, 2.45) is 0 Å². The maximum Gasteiger partial charge on any atom is 0.262 e. The molecule has 0 spiro atoms. The second-order valence-corrected chi connectivity index (χ2v) is 9.27. The van der Waals surface area contributed by atoms with Gasteiger partial charge in [-0.05, 0) is 43.5 Å². The van der Waals surface area contributed by atoms with Crippen molar-refractivity contribution in [3.05, 3.63) is 63.9 Å². The van der Waals surface area contributed by atoms with Crippen LogP contribution in [0.25, 0.3) is 16.7 Å². The SMILES string of the molecule is CCCCn1c(=O)c2ccccc2n2c(SCC(=O)NCC(=O)Nc3c(C)cccc3C)nnc12. The van der Waals surface area contributed by atoms with Gasteiger partial charge in [0.15, 0.2) is 5.16 Å². The standard InChI is InChI=1S/C25H28N6O3S/c1-4-5-13-30-23(34)18-11-6-7-12-19(18)31-24(30)28-29-25(31)35-15-21(33)26-14-20(32)27-22-16(2)9-8-10-17(22)3/h6-12H,4-5,13-15H2,1-3H3,(H,26,33)(H,27,32). The van der Waals surface area contributed by atoms with Crippen LogP contribution in [-0.4, -0.2) is 43.3 Å². The highest BCUT2D eigenvalue weighted by Crippen LogP contribution is 2.22. The van der Waals surface area contributed by atoms with E-state index < -0.39 is 0 Å². The number of amides is 2. The van der Waals surface area contributed by atoms with Crippen molar-refractivity contribution in [2.45, 2.75) is 45.3 Å². The third-order valence-corrected chi connectivity index (χ3v) is 6.67. The lowest BCUT2D eigenvalue weighted by atomic mass is 10.1. The monoisotopic (exact) mass is 492 g/mol. The number of rotatable bonds is 9. The largest absolute Gasteiger partial charge is 0.346 e. The number of carbonyl (C=O) groups is 2. The van der Waals surface area contributed by atoms with Crippen LogP contribution >= 0.6 is 11.8 Å². The number of benzene rings is 2. The van der Waals surface area contributed by atoms with Crippen molar-refractivity contribution in [3.63, 3.8) is 0 Å². The van der Waals surface area contributed by atoms with Gasteiger partial charge in [0.2, 0.25) is 17.6 Å². The molecule has 0 aliphatic rings. The summed E-state index contributed by atoms with van der Waals surface area (Å²) >= 11 is 1.21. The van der Waals surface area contributed by atoms with Gasteiger partial charge in [-0.25, -0.2) is 0 Å². The lowest BCUT2D eigenvalue weighted by Gasteiger charge is -2.12. The summed E-state index contributed by atoms with van der Waals surface area (Å²) in [7, 11) is 0. The highest BCUT2D eigenvalue weighted by Gasteiger charge is 2.17. The molecule has 0 atom stereocenters. The fraction of sp³-hybridized carbons (Fsp3) is 0.320. The number of aromatic nitrogens is 4. The summed E-state index contributed by atoms with van der Waals surface area (Å²) in [6.45, 7) is 6.32. The van der Waals surface area contributed by atoms with E-state index in [1.807, 2.05) is 54.6 Å². The Morgan fingerprint density at radius 3 is 2.49 bits per heavy atom. The number of hydrogen-bond acceptors (Lipinski definition) is 6. The Morgan fingerprint density at radius 1 is 1.00 bits per heavy atom. The molecule has 0 aliphatic carbocycles. The third kappa shape index (κ3) is 5.22. The first-order chi connectivity index (χ1) is 16.9. The molecular formula is C25H28N6O3S. The Labute approximate surface area is 206 Å². The molecule has 182 valence electrons. The van der Waals surface area contributed by atoms with Crippen molar-refractivity contribution in [1.82, 2.24) is 24.5 Å². The second kappa shape index (κ2) is 10.7. The predicted octanol–water partition coefficient (Wildman–Crippen LogP) is 3.31. The van der Waals surface area contributed by atoms with E-state index in [0.29, 0.717) is 28.4 Å². The molecule has 0 aliphatic heterocycles. The molecule has 0 bridgehead atoms. The molecule has 2 N–H and O–H groups in total. The van der Waals surface area contributed by atoms with E-state index in [2.05, 4.69) is 27.8 Å². The predicted molar refractivity (Wildman–Crippen MR) is 138 cm³/mol. The van der Waals surface area contributed by atoms with E-state index in [1.165, 1.54) is 11.8 Å². The molecule has 0 saturated heterocycles. The summed E-state index contributed by atoms with van der Waals surface area (Å²) in [6, 6.07) is 13.1. The zero-order valence-electron chi connectivity index (χ0n) is 20.0. The topological polar surface area (TPSA) is 110 Å². The number of unbranched alkanes of at least 4 members (excludes halogenated alkanes) is 1. The van der Waals surface area contributed by atoms with Gasteiger partial charge in [0.25, 0.3) is 5.56 Å². The van der Waals surface area contributed by atoms with Crippen LogP contribution in [0.3, 0.4) is 0 Å². The number of para-hydroxylation sites is 2. The number of fused-ring (bicyclic) bond motifs is 3. The van der Waals surface area contributed by atoms with Crippen LogP contribution in [0.5, 0.6) is 0 Å². The van der Waals surface area contributed by atoms with Gasteiger partial charge in [-0.15, -0.1) is 10.2 Å². The molecule has 2 heterocycles. The Kier molecular flexibility index (Phi) is 7.50. The summed E-state index contributed by atoms with van der Waals surface area (Å²) in [5.74, 6) is -0.0791. The number of aryl methyl sites for hydroxylation is 3. The highest BCUT2D eigenvalue weighted by atomic mass is 32.2. The number of thioether (sulfide) groups is 1. The molecule has 0 fully saturated rings. The van der Waals surface area contributed by atoms with E-state index in [4.69, 9.17) is 0 Å². The van der Waals surface area contributed by atoms with E-state index >= 15 is 0 Å². The molecule has 10 heteroatoms. The lowest BCUT2D eigenvalue weighted by Crippen LogP contribution is -2.34. The first kappa shape index (κ1) is 24.5. The average molecular weight is 493 g/mol. The van der Waals surface area contributed by atoms with Crippen molar-refractivity contribution < 1.29 is 9.59 Å². The Balaban J connectivity index is 1.46. The Morgan fingerprint density at radius 2 is 1.74 bits per heavy atom. The number of nitrogens with zero attached hydrogens (tertiary/aromatic N) is 4. The summed E-state index contributed by atoms with van der Waals surface area (Å²) in [5.41, 5.74) is 3.28. The number of hydrogen-bond donors (Lipinski definition) is 2. The van der Waals surface area contributed by atoms with Crippen LogP contribution in [0.4, 0.5) is 5.69 Å². The van der Waals surface area contributed by atoms with Gasteiger partial charge in [0, 0.05) is 12.2 Å². The van der Waals surface area contributed by atoms with Crippen LogP contribution in [0, 0.1) is 13.8 Å². The summed E-state index contributed by atoms with van der Waals surface area (Å²) < 4.78 is 3.46. The van der Waals surface area contributed by atoms with Gasteiger partial charge in [0.1, 0.15) is 0 Å². The van der Waals surface area contributed by atoms with Crippen LogP contribution in [0.2, 0.25) is 0 Å². The lowest BCUT2D eigenvalue weighted by molar-refractivity contribution is -0.122. The fourth-order valence-electron chi connectivity index (χ4n) is 3.90. The van der Waals surface area contributed by atoms with E-state index in [-0.39, 0.29) is 29.7 Å². The van der Waals surface area contributed by atoms with Crippen molar-refractivity contribution in [3.8, 4) is 0 Å². The maximum absolute atomic E-state index is 13.0. The molecular weight excluding hydrogens is 464 g/mol. The van der Waals surface area contributed by atoms with E-state index in [1.54, 1.807) is 10.6 Å². The second-order valence-electron chi connectivity index (χ2n) is 8.33. The first-order valence-electron chi connectivity index (χ1n) is 11.5. The van der Waals surface area contributed by atoms with Gasteiger partial charge in [-0.2, -0.15) is 0 Å². The minimum Gasteiger partial charge on any atom is -0.346 e. The molecule has 35 heavy (non-hydrogen) atoms. The fourth-order valence-corrected chi connectivity index (χ4v) is 4.67. The molecule has 0 unspecified atom stereocenters. The quantitative estimate of drug-likeness (QED) is 0.347. The number of anilines is 1. The van der Waals surface area contributed by atoms with Crippen LogP contribution in [-0.2, 0) is 16.1 Å². The van der Waals surface area contributed by atoms with Gasteiger partial charge in [-0.3, -0.25) is 23.4 Å². The van der Waals surface area contributed by atoms with Crippen LogP contribution in [0.15, 0.2) is 52.4 Å². The molecule has 4 aromatic rings. The van der Waals surface area contributed by atoms with Crippen molar-refractivity contribution in [2.75, 3.05) is 17.6 Å². The minimum absolute atomic E-state index is 0.0554.